The van der Waals surface area contributed by atoms with Crippen LogP contribution in [0.5, 0.6) is 0 Å². The van der Waals surface area contributed by atoms with Gasteiger partial charge in [0.15, 0.2) is 5.78 Å². The maximum absolute atomic E-state index is 13.4. The van der Waals surface area contributed by atoms with Gasteiger partial charge < -0.3 is 14.4 Å². The van der Waals surface area contributed by atoms with Gasteiger partial charge in [-0.15, -0.1) is 0 Å². The van der Waals surface area contributed by atoms with Crippen molar-refractivity contribution in [3.05, 3.63) is 41.9 Å². The number of aromatic nitrogens is 1. The number of alkyl halides is 1. The van der Waals surface area contributed by atoms with Crippen LogP contribution >= 0.6 is 15.9 Å². The number of hydrogen-bond acceptors (Lipinski definition) is 5. The Morgan fingerprint density at radius 2 is 2.18 bits per heavy atom. The standard InChI is InChI=1S/C22H27BrN2O3/c1-27-16-9-17-21-20(10-16)28-19-5-4-15(23)8-18(19)25(21)12-14(22(17)26)7-13-3-2-6-24-11-13/h2-3,6,11-12,15-21H,4-5,7-10H2,1H3. The fourth-order valence-electron chi connectivity index (χ4n) is 5.67. The number of pyridine rings is 1. The molecule has 3 fully saturated rings. The van der Waals surface area contributed by atoms with E-state index in [1.165, 1.54) is 0 Å². The third kappa shape index (κ3) is 3.23. The fourth-order valence-corrected chi connectivity index (χ4v) is 6.32. The number of nitrogens with zero attached hydrogens (tertiary/aromatic N) is 2. The first-order chi connectivity index (χ1) is 13.6. The molecule has 28 heavy (non-hydrogen) atoms. The predicted octanol–water partition coefficient (Wildman–Crippen LogP) is 3.27. The average molecular weight is 447 g/mol. The Kier molecular flexibility index (Phi) is 5.06. The zero-order valence-corrected chi connectivity index (χ0v) is 17.8. The maximum Gasteiger partial charge on any atom is 0.165 e. The minimum absolute atomic E-state index is 0.0444. The van der Waals surface area contributed by atoms with E-state index in [0.29, 0.717) is 17.3 Å². The molecule has 3 heterocycles. The highest BCUT2D eigenvalue weighted by Gasteiger charge is 2.54. The van der Waals surface area contributed by atoms with Crippen LogP contribution in [0.25, 0.3) is 0 Å². The first-order valence-corrected chi connectivity index (χ1v) is 11.3. The van der Waals surface area contributed by atoms with E-state index >= 15 is 0 Å². The van der Waals surface area contributed by atoms with Gasteiger partial charge in [-0.25, -0.2) is 0 Å². The molecule has 1 saturated heterocycles. The van der Waals surface area contributed by atoms with Gasteiger partial charge in [0, 0.05) is 54.9 Å². The molecule has 2 saturated carbocycles. The molecule has 4 aliphatic rings. The number of carbonyl (C=O) groups is 1. The van der Waals surface area contributed by atoms with Gasteiger partial charge in [-0.2, -0.15) is 0 Å². The number of Topliss-reactive ketones (excluding diaryl/α,β-unsaturated/α-hetero) is 1. The highest BCUT2D eigenvalue weighted by atomic mass is 79.9. The van der Waals surface area contributed by atoms with Gasteiger partial charge in [-0.1, -0.05) is 22.0 Å². The quantitative estimate of drug-likeness (QED) is 0.666. The summed E-state index contributed by atoms with van der Waals surface area (Å²) in [5.74, 6) is 0.224. The van der Waals surface area contributed by atoms with Gasteiger partial charge in [-0.05, 0) is 37.3 Å². The Morgan fingerprint density at radius 3 is 2.96 bits per heavy atom. The van der Waals surface area contributed by atoms with E-state index in [-0.39, 0.29) is 36.1 Å². The molecule has 0 radical (unpaired) electrons. The number of fused-ring (bicyclic) bond motifs is 2. The second-order valence-electron chi connectivity index (χ2n) is 8.62. The summed E-state index contributed by atoms with van der Waals surface area (Å²) in [7, 11) is 1.75. The van der Waals surface area contributed by atoms with E-state index in [9.17, 15) is 4.79 Å². The third-order valence-corrected chi connectivity index (χ3v) is 7.81. The smallest absolute Gasteiger partial charge is 0.165 e. The Labute approximate surface area is 174 Å². The zero-order valence-electron chi connectivity index (χ0n) is 16.2. The van der Waals surface area contributed by atoms with Crippen molar-refractivity contribution in [3.63, 3.8) is 0 Å². The number of ether oxygens (including phenoxy) is 2. The van der Waals surface area contributed by atoms with Crippen molar-refractivity contribution in [2.24, 2.45) is 5.92 Å². The normalized spacial score (nSPS) is 39.8. The second-order valence-corrected chi connectivity index (χ2v) is 9.92. The highest BCUT2D eigenvalue weighted by Crippen LogP contribution is 2.46. The van der Waals surface area contributed by atoms with Crippen LogP contribution in [0.1, 0.15) is 37.7 Å². The van der Waals surface area contributed by atoms with Crippen molar-refractivity contribution < 1.29 is 14.3 Å². The molecule has 5 nitrogen and oxygen atoms in total. The molecule has 150 valence electrons. The molecular formula is C22H27BrN2O3. The van der Waals surface area contributed by atoms with E-state index in [4.69, 9.17) is 9.47 Å². The van der Waals surface area contributed by atoms with Crippen molar-refractivity contribution >= 4 is 21.7 Å². The van der Waals surface area contributed by atoms with Crippen LogP contribution in [0.3, 0.4) is 0 Å². The molecule has 0 amide bonds. The fraction of sp³-hybridized carbons (Fsp3) is 0.636. The number of halogens is 1. The van der Waals surface area contributed by atoms with Crippen LogP contribution in [0.15, 0.2) is 36.3 Å². The van der Waals surface area contributed by atoms with E-state index in [2.05, 4.69) is 32.0 Å². The van der Waals surface area contributed by atoms with Crippen LogP contribution in [-0.4, -0.2) is 58.0 Å². The predicted molar refractivity (Wildman–Crippen MR) is 109 cm³/mol. The number of rotatable bonds is 3. The summed E-state index contributed by atoms with van der Waals surface area (Å²) in [6.45, 7) is 0. The number of allylic oxidation sites excluding steroid dienone is 1. The summed E-state index contributed by atoms with van der Waals surface area (Å²) < 4.78 is 12.3. The number of hydrogen-bond donors (Lipinski definition) is 0. The molecule has 6 heteroatoms. The molecule has 0 N–H and O–H groups in total. The summed E-state index contributed by atoms with van der Waals surface area (Å²) in [4.78, 5) is 20.7. The number of ketones is 1. The number of methoxy groups -OCH3 is 1. The molecule has 0 bridgehead atoms. The van der Waals surface area contributed by atoms with Gasteiger partial charge in [-0.3, -0.25) is 9.78 Å². The summed E-state index contributed by atoms with van der Waals surface area (Å²) >= 11 is 3.83. The van der Waals surface area contributed by atoms with Gasteiger partial charge in [0.25, 0.3) is 0 Å². The molecule has 5 rings (SSSR count). The Morgan fingerprint density at radius 1 is 1.29 bits per heavy atom. The number of morpholine rings is 1. The van der Waals surface area contributed by atoms with Crippen LogP contribution < -0.4 is 0 Å². The molecular weight excluding hydrogens is 420 g/mol. The molecule has 1 aromatic rings. The summed E-state index contributed by atoms with van der Waals surface area (Å²) in [6, 6.07) is 4.48. The van der Waals surface area contributed by atoms with E-state index in [1.807, 2.05) is 18.3 Å². The van der Waals surface area contributed by atoms with Crippen LogP contribution in [-0.2, 0) is 20.7 Å². The lowest BCUT2D eigenvalue weighted by molar-refractivity contribution is -0.194. The lowest BCUT2D eigenvalue weighted by Crippen LogP contribution is -2.67. The minimum atomic E-state index is -0.0444. The second kappa shape index (κ2) is 7.54. The van der Waals surface area contributed by atoms with Gasteiger partial charge in [0.05, 0.1) is 30.4 Å². The topological polar surface area (TPSA) is 51.7 Å². The SMILES string of the molecule is COC1CC2OC3CCC(Br)CC3N3C=C(Cc4cccnc4)C(=O)C(C1)C23. The third-order valence-electron chi connectivity index (χ3n) is 6.98. The van der Waals surface area contributed by atoms with Crippen LogP contribution in [0, 0.1) is 5.92 Å². The van der Waals surface area contributed by atoms with Gasteiger partial charge >= 0.3 is 0 Å². The maximum atomic E-state index is 13.4. The van der Waals surface area contributed by atoms with Crippen LogP contribution in [0.4, 0.5) is 0 Å². The first-order valence-electron chi connectivity index (χ1n) is 10.4. The van der Waals surface area contributed by atoms with Crippen molar-refractivity contribution in [3.8, 4) is 0 Å². The summed E-state index contributed by atoms with van der Waals surface area (Å²) in [5, 5.41) is 0. The highest BCUT2D eigenvalue weighted by molar-refractivity contribution is 9.09. The Bertz CT molecular complexity index is 770. The summed E-state index contributed by atoms with van der Waals surface area (Å²) in [5.41, 5.74) is 1.99. The monoisotopic (exact) mass is 446 g/mol. The molecule has 0 aromatic carbocycles. The number of carbonyl (C=O) groups excluding carboxylic acids is 1. The van der Waals surface area contributed by atoms with Crippen molar-refractivity contribution in [1.29, 1.82) is 0 Å². The van der Waals surface area contributed by atoms with Crippen LogP contribution in [0.2, 0.25) is 0 Å². The van der Waals surface area contributed by atoms with Crippen molar-refractivity contribution in [2.45, 2.75) is 73.7 Å². The van der Waals surface area contributed by atoms with Gasteiger partial charge in [0.2, 0.25) is 0 Å². The lowest BCUT2D eigenvalue weighted by atomic mass is 9.71. The molecule has 7 atom stereocenters. The Hall–Kier alpha value is -1.24. The van der Waals surface area contributed by atoms with Crippen molar-refractivity contribution in [1.82, 2.24) is 9.88 Å². The molecule has 2 aliphatic heterocycles. The lowest BCUT2D eigenvalue weighted by Gasteiger charge is -2.58. The van der Waals surface area contributed by atoms with Crippen molar-refractivity contribution in [2.75, 3.05) is 7.11 Å². The van der Waals surface area contributed by atoms with E-state index in [1.54, 1.807) is 13.3 Å². The van der Waals surface area contributed by atoms with E-state index in [0.717, 1.165) is 43.2 Å². The first kappa shape index (κ1) is 18.8. The zero-order chi connectivity index (χ0) is 19.3. The average Bonchev–Trinajstić information content (AvgIpc) is 2.72. The van der Waals surface area contributed by atoms with Gasteiger partial charge in [0.1, 0.15) is 0 Å². The molecule has 1 aromatic heterocycles. The minimum Gasteiger partial charge on any atom is -0.381 e. The molecule has 7 unspecified atom stereocenters. The molecule has 2 aliphatic carbocycles. The largest absolute Gasteiger partial charge is 0.381 e. The Balaban J connectivity index is 1.52. The van der Waals surface area contributed by atoms with E-state index < -0.39 is 0 Å². The summed E-state index contributed by atoms with van der Waals surface area (Å²) in [6.07, 6.45) is 11.8. The molecule has 0 spiro atoms.